The van der Waals surface area contributed by atoms with Gasteiger partial charge in [0.1, 0.15) is 11.6 Å². The Bertz CT molecular complexity index is 644. The Morgan fingerprint density at radius 1 is 1.12 bits per heavy atom. The Morgan fingerprint density at radius 3 is 2.73 bits per heavy atom. The van der Waals surface area contributed by atoms with E-state index in [0.717, 1.165) is 76.3 Å². The van der Waals surface area contributed by atoms with Crippen molar-refractivity contribution in [1.82, 2.24) is 19.7 Å². The van der Waals surface area contributed by atoms with Crippen LogP contribution in [0.5, 0.6) is 0 Å². The molecule has 1 aromatic heterocycles. The Kier molecular flexibility index (Phi) is 5.27. The highest BCUT2D eigenvalue weighted by atomic mass is 32.1. The van der Waals surface area contributed by atoms with Crippen molar-refractivity contribution in [2.45, 2.75) is 57.0 Å². The monoisotopic (exact) mass is 376 g/mol. The van der Waals surface area contributed by atoms with Crippen LogP contribution in [0.3, 0.4) is 0 Å². The van der Waals surface area contributed by atoms with Crippen LogP contribution in [0.1, 0.15) is 50.0 Å². The van der Waals surface area contributed by atoms with E-state index < -0.39 is 0 Å². The lowest BCUT2D eigenvalue weighted by molar-refractivity contribution is -0.141. The van der Waals surface area contributed by atoms with Crippen molar-refractivity contribution in [3.05, 3.63) is 16.6 Å². The fourth-order valence-corrected chi connectivity index (χ4v) is 5.42. The number of hydrogen-bond acceptors (Lipinski definition) is 5. The Labute approximate surface area is 159 Å². The molecule has 0 saturated carbocycles. The van der Waals surface area contributed by atoms with Gasteiger partial charge in [0, 0.05) is 43.2 Å². The number of thiazole rings is 1. The van der Waals surface area contributed by atoms with Crippen molar-refractivity contribution in [2.75, 3.05) is 32.7 Å². The average molecular weight is 377 g/mol. The van der Waals surface area contributed by atoms with E-state index in [1.165, 1.54) is 0 Å². The Hall–Kier alpha value is -1.47. The number of carbonyl (C=O) groups is 2. The average Bonchev–Trinajstić information content (AvgIpc) is 3.35. The van der Waals surface area contributed by atoms with Gasteiger partial charge in [-0.1, -0.05) is 0 Å². The molecule has 0 bridgehead atoms. The minimum atomic E-state index is -0.107. The van der Waals surface area contributed by atoms with Gasteiger partial charge in [-0.05, 0) is 45.1 Å². The number of carbonyl (C=O) groups excluding carboxylic acids is 2. The fourth-order valence-electron chi connectivity index (χ4n) is 4.77. The summed E-state index contributed by atoms with van der Waals surface area (Å²) in [5.74, 6) is 0.312. The summed E-state index contributed by atoms with van der Waals surface area (Å²) in [6.07, 6.45) is 8.61. The van der Waals surface area contributed by atoms with Gasteiger partial charge in [-0.15, -0.1) is 11.3 Å². The highest BCUT2D eigenvalue weighted by Crippen LogP contribution is 2.39. The molecule has 142 valence electrons. The first kappa shape index (κ1) is 17.9. The van der Waals surface area contributed by atoms with E-state index in [1.807, 2.05) is 21.4 Å². The highest BCUT2D eigenvalue weighted by Gasteiger charge is 2.46. The standard InChI is InChI=1S/C19H28N4O2S/c24-17-4-6-19(23(17)15-18(25)22-10-1-2-11-22)5-3-9-21(12-7-19)14-16-20-8-13-26-16/h8,13H,1-7,9-12,14-15H2/t19-/m1/s1. The van der Waals surface area contributed by atoms with Gasteiger partial charge in [0.05, 0.1) is 6.54 Å². The summed E-state index contributed by atoms with van der Waals surface area (Å²) in [6.45, 7) is 4.91. The van der Waals surface area contributed by atoms with Gasteiger partial charge in [0.25, 0.3) is 0 Å². The Morgan fingerprint density at radius 2 is 1.96 bits per heavy atom. The van der Waals surface area contributed by atoms with Crippen LogP contribution in [0.4, 0.5) is 0 Å². The van der Waals surface area contributed by atoms with Gasteiger partial charge in [0.2, 0.25) is 11.8 Å². The third kappa shape index (κ3) is 3.64. The van der Waals surface area contributed by atoms with Crippen molar-refractivity contribution in [1.29, 1.82) is 0 Å². The fraction of sp³-hybridized carbons (Fsp3) is 0.737. The largest absolute Gasteiger partial charge is 0.341 e. The quantitative estimate of drug-likeness (QED) is 0.808. The molecule has 0 aliphatic carbocycles. The molecule has 1 aromatic rings. The van der Waals surface area contributed by atoms with Gasteiger partial charge < -0.3 is 9.80 Å². The first-order valence-corrected chi connectivity index (χ1v) is 10.7. The summed E-state index contributed by atoms with van der Waals surface area (Å²) in [5, 5.41) is 3.18. The van der Waals surface area contributed by atoms with Gasteiger partial charge in [-0.25, -0.2) is 4.98 Å². The lowest BCUT2D eigenvalue weighted by atomic mass is 9.87. The lowest BCUT2D eigenvalue weighted by Crippen LogP contribution is -2.51. The molecule has 1 spiro atoms. The van der Waals surface area contributed by atoms with Crippen LogP contribution in [-0.4, -0.2) is 69.8 Å². The molecular weight excluding hydrogens is 348 g/mol. The van der Waals surface area contributed by atoms with Gasteiger partial charge >= 0.3 is 0 Å². The molecule has 3 saturated heterocycles. The maximum absolute atomic E-state index is 12.6. The molecule has 3 aliphatic heterocycles. The van der Waals surface area contributed by atoms with Crippen LogP contribution in [-0.2, 0) is 16.1 Å². The van der Waals surface area contributed by atoms with Crippen LogP contribution in [0.15, 0.2) is 11.6 Å². The molecule has 7 heteroatoms. The third-order valence-corrected chi connectivity index (χ3v) is 7.05. The van der Waals surface area contributed by atoms with Crippen molar-refractivity contribution >= 4 is 23.2 Å². The minimum absolute atomic E-state index is 0.107. The summed E-state index contributed by atoms with van der Waals surface area (Å²) in [6, 6.07) is 0. The summed E-state index contributed by atoms with van der Waals surface area (Å²) in [4.78, 5) is 36.0. The number of nitrogens with zero attached hydrogens (tertiary/aromatic N) is 4. The number of amides is 2. The van der Waals surface area contributed by atoms with Crippen LogP contribution < -0.4 is 0 Å². The summed E-state index contributed by atoms with van der Waals surface area (Å²) >= 11 is 1.70. The molecule has 0 unspecified atom stereocenters. The minimum Gasteiger partial charge on any atom is -0.341 e. The van der Waals surface area contributed by atoms with E-state index in [1.54, 1.807) is 11.3 Å². The van der Waals surface area contributed by atoms with Crippen molar-refractivity contribution in [2.24, 2.45) is 0 Å². The third-order valence-electron chi connectivity index (χ3n) is 6.28. The van der Waals surface area contributed by atoms with Crippen molar-refractivity contribution < 1.29 is 9.59 Å². The van der Waals surface area contributed by atoms with E-state index in [-0.39, 0.29) is 23.9 Å². The van der Waals surface area contributed by atoms with E-state index in [4.69, 9.17) is 0 Å². The van der Waals surface area contributed by atoms with Crippen molar-refractivity contribution in [3.63, 3.8) is 0 Å². The molecule has 26 heavy (non-hydrogen) atoms. The van der Waals surface area contributed by atoms with Gasteiger partial charge in [-0.2, -0.15) is 0 Å². The van der Waals surface area contributed by atoms with Crippen LogP contribution in [0.2, 0.25) is 0 Å². The molecule has 3 fully saturated rings. The number of likely N-dealkylation sites (tertiary alicyclic amines) is 3. The molecule has 4 heterocycles. The number of aromatic nitrogens is 1. The van der Waals surface area contributed by atoms with E-state index >= 15 is 0 Å². The van der Waals surface area contributed by atoms with E-state index in [9.17, 15) is 9.59 Å². The summed E-state index contributed by atoms with van der Waals surface area (Å²) in [5.41, 5.74) is -0.107. The predicted molar refractivity (Wildman–Crippen MR) is 101 cm³/mol. The zero-order valence-electron chi connectivity index (χ0n) is 15.4. The van der Waals surface area contributed by atoms with Crippen LogP contribution >= 0.6 is 11.3 Å². The molecular formula is C19H28N4O2S. The topological polar surface area (TPSA) is 56.8 Å². The molecule has 6 nitrogen and oxygen atoms in total. The highest BCUT2D eigenvalue weighted by molar-refractivity contribution is 7.09. The molecule has 4 rings (SSSR count). The van der Waals surface area contributed by atoms with Gasteiger partial charge in [0.15, 0.2) is 0 Å². The van der Waals surface area contributed by atoms with E-state index in [0.29, 0.717) is 6.42 Å². The maximum Gasteiger partial charge on any atom is 0.242 e. The molecule has 2 amide bonds. The second kappa shape index (κ2) is 7.64. The lowest BCUT2D eigenvalue weighted by Gasteiger charge is -2.38. The maximum atomic E-state index is 12.6. The smallest absolute Gasteiger partial charge is 0.242 e. The Balaban J connectivity index is 1.42. The zero-order valence-corrected chi connectivity index (χ0v) is 16.2. The van der Waals surface area contributed by atoms with E-state index in [2.05, 4.69) is 9.88 Å². The van der Waals surface area contributed by atoms with Gasteiger partial charge in [-0.3, -0.25) is 14.5 Å². The first-order chi connectivity index (χ1) is 12.7. The van der Waals surface area contributed by atoms with Crippen LogP contribution in [0, 0.1) is 0 Å². The molecule has 0 N–H and O–H groups in total. The zero-order chi connectivity index (χ0) is 18.0. The molecule has 3 aliphatic rings. The molecule has 0 aromatic carbocycles. The first-order valence-electron chi connectivity index (χ1n) is 9.85. The second-order valence-corrected chi connectivity index (χ2v) is 8.83. The second-order valence-electron chi connectivity index (χ2n) is 7.85. The SMILES string of the molecule is O=C(CN1C(=O)CC[C@@]12CCCN(Cc1nccs1)CC2)N1CCCC1. The molecule has 1 atom stereocenters. The molecule has 0 radical (unpaired) electrons. The summed E-state index contributed by atoms with van der Waals surface area (Å²) < 4.78 is 0. The van der Waals surface area contributed by atoms with Crippen LogP contribution in [0.25, 0.3) is 0 Å². The normalized spacial score (nSPS) is 27.5. The predicted octanol–water partition coefficient (Wildman–Crippen LogP) is 2.11. The number of rotatable bonds is 4. The van der Waals surface area contributed by atoms with Crippen molar-refractivity contribution in [3.8, 4) is 0 Å². The number of hydrogen-bond donors (Lipinski definition) is 0. The summed E-state index contributed by atoms with van der Waals surface area (Å²) in [7, 11) is 0.